The molecule has 0 aliphatic heterocycles. The molecule has 0 spiro atoms. The number of hydrogen-bond acceptors (Lipinski definition) is 7. The topological polar surface area (TPSA) is 105 Å². The van der Waals surface area contributed by atoms with Gasteiger partial charge in [-0.1, -0.05) is 64.5 Å². The molecule has 1 heterocycles. The standard InChI is InChI=1S/C31H23Br2N5O3S/c32-23-15-22(29(26(33)16-23)41-18-28(39)35-24-7-3-1-4-8-24)17-34-38-30(40)21-13-11-20(12-14-21)27-19-42-31(37-27)36-25-9-5-2-6-10-25/h1-17,19H,18H2,(H,35,39)(H,36,37)(H,38,40)/b34-17+. The highest BCUT2D eigenvalue weighted by Gasteiger charge is 2.13. The van der Waals surface area contributed by atoms with Crippen LogP contribution >= 0.6 is 43.2 Å². The van der Waals surface area contributed by atoms with E-state index in [2.05, 4.69) is 58.0 Å². The zero-order chi connectivity index (χ0) is 29.3. The van der Waals surface area contributed by atoms with Crippen LogP contribution in [0.2, 0.25) is 0 Å². The van der Waals surface area contributed by atoms with Crippen molar-refractivity contribution in [2.24, 2.45) is 5.10 Å². The van der Waals surface area contributed by atoms with Crippen LogP contribution in [-0.2, 0) is 4.79 Å². The Morgan fingerprint density at radius 3 is 2.31 bits per heavy atom. The van der Waals surface area contributed by atoms with Gasteiger partial charge in [-0.15, -0.1) is 11.3 Å². The molecule has 0 radical (unpaired) electrons. The lowest BCUT2D eigenvalue weighted by atomic mass is 10.1. The summed E-state index contributed by atoms with van der Waals surface area (Å²) >= 11 is 8.43. The first-order valence-corrected chi connectivity index (χ1v) is 15.1. The number of rotatable bonds is 10. The first-order valence-electron chi connectivity index (χ1n) is 12.6. The van der Waals surface area contributed by atoms with E-state index in [0.29, 0.717) is 27.0 Å². The summed E-state index contributed by atoms with van der Waals surface area (Å²) in [5, 5.41) is 12.9. The Morgan fingerprint density at radius 1 is 0.905 bits per heavy atom. The average Bonchev–Trinajstić information content (AvgIpc) is 3.46. The fourth-order valence-corrected chi connectivity index (χ4v) is 5.92. The monoisotopic (exact) mass is 703 g/mol. The Hall–Kier alpha value is -4.32. The highest BCUT2D eigenvalue weighted by atomic mass is 79.9. The molecule has 0 atom stereocenters. The number of carbonyl (C=O) groups excluding carboxylic acids is 2. The molecule has 0 aliphatic carbocycles. The largest absolute Gasteiger partial charge is 0.482 e. The molecule has 0 bridgehead atoms. The van der Waals surface area contributed by atoms with Crippen LogP contribution in [0.15, 0.2) is 116 Å². The molecular formula is C31H23Br2N5O3S. The van der Waals surface area contributed by atoms with Crippen molar-refractivity contribution in [3.05, 3.63) is 123 Å². The number of benzene rings is 4. The second kappa shape index (κ2) is 14.0. The summed E-state index contributed by atoms with van der Waals surface area (Å²) in [6.45, 7) is -0.211. The average molecular weight is 705 g/mol. The predicted molar refractivity (Wildman–Crippen MR) is 175 cm³/mol. The number of hydrogen-bond donors (Lipinski definition) is 3. The Morgan fingerprint density at radius 2 is 1.60 bits per heavy atom. The summed E-state index contributed by atoms with van der Waals surface area (Å²) in [4.78, 5) is 29.8. The van der Waals surface area contributed by atoms with Crippen LogP contribution < -0.4 is 20.8 Å². The second-order valence-electron chi connectivity index (χ2n) is 8.81. The van der Waals surface area contributed by atoms with Crippen LogP contribution in [0.1, 0.15) is 15.9 Å². The Bertz CT molecular complexity index is 1710. The lowest BCUT2D eigenvalue weighted by Crippen LogP contribution is -2.21. The Kier molecular flexibility index (Phi) is 9.75. The van der Waals surface area contributed by atoms with E-state index < -0.39 is 0 Å². The van der Waals surface area contributed by atoms with Gasteiger partial charge in [0.05, 0.1) is 16.4 Å². The first kappa shape index (κ1) is 29.2. The van der Waals surface area contributed by atoms with Crippen molar-refractivity contribution in [3.8, 4) is 17.0 Å². The molecule has 0 saturated carbocycles. The van der Waals surface area contributed by atoms with Crippen molar-refractivity contribution in [3.63, 3.8) is 0 Å². The van der Waals surface area contributed by atoms with Crippen LogP contribution in [-0.4, -0.2) is 29.6 Å². The van der Waals surface area contributed by atoms with Gasteiger partial charge in [0.2, 0.25) is 0 Å². The highest BCUT2D eigenvalue weighted by molar-refractivity contribution is 9.11. The summed E-state index contributed by atoms with van der Waals surface area (Å²) in [7, 11) is 0. The normalized spacial score (nSPS) is 10.8. The van der Waals surface area contributed by atoms with Crippen LogP contribution in [0, 0.1) is 0 Å². The number of nitrogens with zero attached hydrogens (tertiary/aromatic N) is 2. The zero-order valence-electron chi connectivity index (χ0n) is 21.9. The van der Waals surface area contributed by atoms with Crippen LogP contribution in [0.25, 0.3) is 11.3 Å². The number of aromatic nitrogens is 1. The SMILES string of the molecule is O=C(COc1c(Br)cc(Br)cc1/C=N/NC(=O)c1ccc(-c2csc(Nc3ccccc3)n2)cc1)Nc1ccccc1. The summed E-state index contributed by atoms with van der Waals surface area (Å²) in [6.07, 6.45) is 1.46. The van der Waals surface area contributed by atoms with Crippen LogP contribution in [0.3, 0.4) is 0 Å². The van der Waals surface area contributed by atoms with Crippen LogP contribution in [0.4, 0.5) is 16.5 Å². The molecule has 3 N–H and O–H groups in total. The number of carbonyl (C=O) groups is 2. The minimum absolute atomic E-state index is 0.211. The van der Waals surface area contributed by atoms with Crippen molar-refractivity contribution >= 4 is 77.7 Å². The third-order valence-electron chi connectivity index (χ3n) is 5.78. The van der Waals surface area contributed by atoms with E-state index in [9.17, 15) is 9.59 Å². The van der Waals surface area contributed by atoms with Gasteiger partial charge >= 0.3 is 0 Å². The minimum Gasteiger partial charge on any atom is -0.482 e. The third-order valence-corrected chi connectivity index (χ3v) is 7.59. The Balaban J connectivity index is 1.19. The van der Waals surface area contributed by atoms with E-state index in [4.69, 9.17) is 4.74 Å². The molecule has 210 valence electrons. The smallest absolute Gasteiger partial charge is 0.271 e. The predicted octanol–water partition coefficient (Wildman–Crippen LogP) is 7.86. The first-order chi connectivity index (χ1) is 20.4. The number of amides is 2. The number of hydrazone groups is 1. The van der Waals surface area contributed by atoms with Crippen molar-refractivity contribution in [2.75, 3.05) is 17.2 Å². The molecule has 42 heavy (non-hydrogen) atoms. The molecule has 5 rings (SSSR count). The van der Waals surface area contributed by atoms with Crippen molar-refractivity contribution in [1.82, 2.24) is 10.4 Å². The molecule has 5 aromatic rings. The molecule has 0 aliphatic rings. The highest BCUT2D eigenvalue weighted by Crippen LogP contribution is 2.32. The molecule has 1 aromatic heterocycles. The molecular weight excluding hydrogens is 682 g/mol. The summed E-state index contributed by atoms with van der Waals surface area (Å²) < 4.78 is 7.18. The molecule has 0 unspecified atom stereocenters. The maximum Gasteiger partial charge on any atom is 0.271 e. The molecule has 8 nitrogen and oxygen atoms in total. The van der Waals surface area contributed by atoms with Gasteiger partial charge in [0.1, 0.15) is 5.75 Å². The molecule has 4 aromatic carbocycles. The van der Waals surface area contributed by atoms with Gasteiger partial charge in [-0.2, -0.15) is 5.10 Å². The third kappa shape index (κ3) is 7.90. The summed E-state index contributed by atoms with van der Waals surface area (Å²) in [5.41, 5.74) is 6.89. The van der Waals surface area contributed by atoms with Gasteiger partial charge in [-0.05, 0) is 64.5 Å². The van der Waals surface area contributed by atoms with Gasteiger partial charge < -0.3 is 15.4 Å². The second-order valence-corrected chi connectivity index (χ2v) is 11.4. The van der Waals surface area contributed by atoms with Crippen LogP contribution in [0.5, 0.6) is 5.75 Å². The van der Waals surface area contributed by atoms with E-state index in [-0.39, 0.29) is 18.4 Å². The fourth-order valence-electron chi connectivity index (χ4n) is 3.81. The van der Waals surface area contributed by atoms with E-state index in [0.717, 1.165) is 26.5 Å². The van der Waals surface area contributed by atoms with E-state index >= 15 is 0 Å². The van der Waals surface area contributed by atoms with E-state index in [1.165, 1.54) is 17.6 Å². The number of nitrogens with one attached hydrogen (secondary N) is 3. The van der Waals surface area contributed by atoms with Crippen molar-refractivity contribution in [1.29, 1.82) is 0 Å². The molecule has 2 amide bonds. The quantitative estimate of drug-likeness (QED) is 0.101. The number of anilines is 3. The summed E-state index contributed by atoms with van der Waals surface area (Å²) in [6, 6.07) is 29.7. The maximum absolute atomic E-state index is 12.7. The fraction of sp³-hybridized carbons (Fsp3) is 0.0323. The van der Waals surface area contributed by atoms with E-state index in [1.807, 2.05) is 66.0 Å². The number of thiazole rings is 1. The van der Waals surface area contributed by atoms with Crippen molar-refractivity contribution < 1.29 is 14.3 Å². The lowest BCUT2D eigenvalue weighted by molar-refractivity contribution is -0.118. The zero-order valence-corrected chi connectivity index (χ0v) is 25.9. The molecule has 0 fully saturated rings. The van der Waals surface area contributed by atoms with Gasteiger partial charge in [0.25, 0.3) is 11.8 Å². The maximum atomic E-state index is 12.7. The Labute approximate surface area is 263 Å². The van der Waals surface area contributed by atoms with Gasteiger partial charge in [-0.25, -0.2) is 10.4 Å². The number of ether oxygens (including phenoxy) is 1. The van der Waals surface area contributed by atoms with Gasteiger partial charge in [-0.3, -0.25) is 9.59 Å². The number of para-hydroxylation sites is 2. The number of halogens is 2. The summed E-state index contributed by atoms with van der Waals surface area (Å²) in [5.74, 6) is -0.272. The van der Waals surface area contributed by atoms with Crippen molar-refractivity contribution in [2.45, 2.75) is 0 Å². The molecule has 0 saturated heterocycles. The molecule has 11 heteroatoms. The van der Waals surface area contributed by atoms with E-state index in [1.54, 1.807) is 36.4 Å². The minimum atomic E-state index is -0.374. The van der Waals surface area contributed by atoms with Gasteiger partial charge in [0, 0.05) is 37.9 Å². The van der Waals surface area contributed by atoms with Gasteiger partial charge in [0.15, 0.2) is 11.7 Å². The lowest BCUT2D eigenvalue weighted by Gasteiger charge is -2.12.